The van der Waals surface area contributed by atoms with Crippen molar-refractivity contribution in [3.8, 4) is 11.5 Å². The van der Waals surface area contributed by atoms with Gasteiger partial charge in [-0.3, -0.25) is 4.90 Å². The van der Waals surface area contributed by atoms with E-state index in [4.69, 9.17) is 9.47 Å². The molecule has 1 aromatic heterocycles. The molecule has 22 heavy (non-hydrogen) atoms. The molecule has 2 aromatic rings. The molecule has 120 valence electrons. The van der Waals surface area contributed by atoms with Crippen molar-refractivity contribution in [3.63, 3.8) is 0 Å². The Morgan fingerprint density at radius 1 is 1.23 bits per heavy atom. The van der Waals surface area contributed by atoms with Crippen LogP contribution in [0.1, 0.15) is 16.3 Å². The van der Waals surface area contributed by atoms with Crippen LogP contribution in [-0.2, 0) is 13.1 Å². The maximum Gasteiger partial charge on any atom is 0.123 e. The van der Waals surface area contributed by atoms with Gasteiger partial charge in [-0.15, -0.1) is 11.3 Å². The predicted octanol–water partition coefficient (Wildman–Crippen LogP) is 2.46. The topological polar surface area (TPSA) is 54.8 Å². The van der Waals surface area contributed by atoms with E-state index in [2.05, 4.69) is 9.88 Å². The summed E-state index contributed by atoms with van der Waals surface area (Å²) < 4.78 is 10.7. The van der Waals surface area contributed by atoms with E-state index in [9.17, 15) is 5.11 Å². The molecule has 0 aliphatic heterocycles. The van der Waals surface area contributed by atoms with E-state index in [0.717, 1.165) is 27.8 Å². The van der Waals surface area contributed by atoms with Gasteiger partial charge < -0.3 is 14.6 Å². The van der Waals surface area contributed by atoms with Crippen LogP contribution in [0.5, 0.6) is 11.5 Å². The SMILES string of the molecule is COc1ccc(OC)c(CN(CCO)Cc2nc(C)cs2)c1. The monoisotopic (exact) mass is 322 g/mol. The molecule has 1 N–H and O–H groups in total. The van der Waals surface area contributed by atoms with Crippen molar-refractivity contribution in [1.82, 2.24) is 9.88 Å². The van der Waals surface area contributed by atoms with Gasteiger partial charge in [-0.05, 0) is 25.1 Å². The normalized spacial score (nSPS) is 11.0. The van der Waals surface area contributed by atoms with Crippen molar-refractivity contribution in [2.75, 3.05) is 27.4 Å². The number of aromatic nitrogens is 1. The highest BCUT2D eigenvalue weighted by molar-refractivity contribution is 7.09. The number of aliphatic hydroxyl groups excluding tert-OH is 1. The molecular weight excluding hydrogens is 300 g/mol. The van der Waals surface area contributed by atoms with E-state index >= 15 is 0 Å². The van der Waals surface area contributed by atoms with Gasteiger partial charge in [0.1, 0.15) is 16.5 Å². The lowest BCUT2D eigenvalue weighted by molar-refractivity contribution is 0.182. The minimum Gasteiger partial charge on any atom is -0.497 e. The summed E-state index contributed by atoms with van der Waals surface area (Å²) in [6, 6.07) is 5.75. The lowest BCUT2D eigenvalue weighted by Crippen LogP contribution is -2.26. The quantitative estimate of drug-likeness (QED) is 0.809. The number of hydrogen-bond donors (Lipinski definition) is 1. The van der Waals surface area contributed by atoms with E-state index in [0.29, 0.717) is 19.6 Å². The van der Waals surface area contributed by atoms with E-state index in [1.165, 1.54) is 0 Å². The summed E-state index contributed by atoms with van der Waals surface area (Å²) in [5.74, 6) is 1.61. The lowest BCUT2D eigenvalue weighted by atomic mass is 10.1. The van der Waals surface area contributed by atoms with E-state index in [1.54, 1.807) is 25.6 Å². The Bertz CT molecular complexity index is 601. The number of aryl methyl sites for hydroxylation is 1. The second-order valence-electron chi connectivity index (χ2n) is 4.99. The third-order valence-electron chi connectivity index (χ3n) is 3.32. The molecule has 0 bridgehead atoms. The predicted molar refractivity (Wildman–Crippen MR) is 87.6 cm³/mol. The highest BCUT2D eigenvalue weighted by Crippen LogP contribution is 2.26. The van der Waals surface area contributed by atoms with Crippen molar-refractivity contribution < 1.29 is 14.6 Å². The number of rotatable bonds is 8. The zero-order valence-corrected chi connectivity index (χ0v) is 14.0. The molecule has 0 aliphatic rings. The number of ether oxygens (including phenoxy) is 2. The number of thiazole rings is 1. The standard InChI is InChI=1S/C16H22N2O3S/c1-12-11-22-16(17-12)10-18(6-7-19)9-13-8-14(20-2)4-5-15(13)21-3/h4-5,8,11,19H,6-7,9-10H2,1-3H3. The molecule has 0 saturated carbocycles. The first-order valence-corrected chi connectivity index (χ1v) is 7.99. The molecule has 2 rings (SSSR count). The highest BCUT2D eigenvalue weighted by atomic mass is 32.1. The molecule has 0 spiro atoms. The van der Waals surface area contributed by atoms with Crippen LogP contribution in [0.25, 0.3) is 0 Å². The van der Waals surface area contributed by atoms with Gasteiger partial charge in [-0.1, -0.05) is 0 Å². The first-order valence-electron chi connectivity index (χ1n) is 7.11. The summed E-state index contributed by atoms with van der Waals surface area (Å²) in [5.41, 5.74) is 2.06. The van der Waals surface area contributed by atoms with Crippen LogP contribution in [0.2, 0.25) is 0 Å². The van der Waals surface area contributed by atoms with E-state index in [-0.39, 0.29) is 6.61 Å². The van der Waals surface area contributed by atoms with E-state index < -0.39 is 0 Å². The van der Waals surface area contributed by atoms with Crippen LogP contribution in [0.15, 0.2) is 23.6 Å². The van der Waals surface area contributed by atoms with Gasteiger partial charge in [0.2, 0.25) is 0 Å². The summed E-state index contributed by atoms with van der Waals surface area (Å²) in [5, 5.41) is 12.4. The van der Waals surface area contributed by atoms with Crippen LogP contribution < -0.4 is 9.47 Å². The van der Waals surface area contributed by atoms with Crippen LogP contribution in [0.3, 0.4) is 0 Å². The first-order chi connectivity index (χ1) is 10.7. The Morgan fingerprint density at radius 3 is 2.64 bits per heavy atom. The smallest absolute Gasteiger partial charge is 0.123 e. The maximum absolute atomic E-state index is 9.31. The van der Waals surface area contributed by atoms with Gasteiger partial charge in [0.25, 0.3) is 0 Å². The zero-order valence-electron chi connectivity index (χ0n) is 13.2. The second kappa shape index (κ2) is 8.12. The number of aliphatic hydroxyl groups is 1. The largest absolute Gasteiger partial charge is 0.497 e. The minimum atomic E-state index is 0.108. The van der Waals surface area contributed by atoms with E-state index in [1.807, 2.05) is 30.5 Å². The molecule has 0 amide bonds. The lowest BCUT2D eigenvalue weighted by Gasteiger charge is -2.21. The van der Waals surface area contributed by atoms with Crippen molar-refractivity contribution in [2.24, 2.45) is 0 Å². The van der Waals surface area contributed by atoms with Crippen LogP contribution in [-0.4, -0.2) is 42.4 Å². The average molecular weight is 322 g/mol. The fourth-order valence-corrected chi connectivity index (χ4v) is 3.08. The average Bonchev–Trinajstić information content (AvgIpc) is 2.92. The van der Waals surface area contributed by atoms with Crippen molar-refractivity contribution in [2.45, 2.75) is 20.0 Å². The Kier molecular flexibility index (Phi) is 6.18. The number of hydrogen-bond acceptors (Lipinski definition) is 6. The van der Waals surface area contributed by atoms with Crippen molar-refractivity contribution >= 4 is 11.3 Å². The Hall–Kier alpha value is -1.63. The summed E-state index contributed by atoms with van der Waals surface area (Å²) in [4.78, 5) is 6.64. The summed E-state index contributed by atoms with van der Waals surface area (Å²) >= 11 is 1.64. The van der Waals surface area contributed by atoms with Crippen LogP contribution in [0.4, 0.5) is 0 Å². The molecule has 6 heteroatoms. The van der Waals surface area contributed by atoms with Crippen molar-refractivity contribution in [3.05, 3.63) is 39.8 Å². The van der Waals surface area contributed by atoms with Gasteiger partial charge in [0.15, 0.2) is 0 Å². The molecule has 0 aliphatic carbocycles. The van der Waals surface area contributed by atoms with Gasteiger partial charge in [0.05, 0.1) is 27.4 Å². The molecule has 1 aromatic carbocycles. The summed E-state index contributed by atoms with van der Waals surface area (Å²) in [6.07, 6.45) is 0. The molecule has 0 atom stereocenters. The number of nitrogens with zero attached hydrogens (tertiary/aromatic N) is 2. The fraction of sp³-hybridized carbons (Fsp3) is 0.438. The summed E-state index contributed by atoms with van der Waals surface area (Å²) in [6.45, 7) is 4.05. The van der Waals surface area contributed by atoms with Crippen LogP contribution in [0, 0.1) is 6.92 Å². The zero-order chi connectivity index (χ0) is 15.9. The van der Waals surface area contributed by atoms with Gasteiger partial charge in [-0.25, -0.2) is 4.98 Å². The second-order valence-corrected chi connectivity index (χ2v) is 5.94. The fourth-order valence-electron chi connectivity index (χ4n) is 2.27. The third-order valence-corrected chi connectivity index (χ3v) is 4.27. The minimum absolute atomic E-state index is 0.108. The number of methoxy groups -OCH3 is 2. The third kappa shape index (κ3) is 4.43. The molecule has 0 saturated heterocycles. The number of benzene rings is 1. The molecule has 0 radical (unpaired) electrons. The Labute approximate surface area is 135 Å². The van der Waals surface area contributed by atoms with Gasteiger partial charge in [-0.2, -0.15) is 0 Å². The highest BCUT2D eigenvalue weighted by Gasteiger charge is 2.13. The molecule has 0 fully saturated rings. The van der Waals surface area contributed by atoms with Gasteiger partial charge >= 0.3 is 0 Å². The maximum atomic E-state index is 9.31. The summed E-state index contributed by atoms with van der Waals surface area (Å²) in [7, 11) is 3.31. The van der Waals surface area contributed by atoms with Gasteiger partial charge in [0, 0.05) is 29.7 Å². The Morgan fingerprint density at radius 2 is 2.05 bits per heavy atom. The molecule has 1 heterocycles. The first kappa shape index (κ1) is 16.7. The molecule has 0 unspecified atom stereocenters. The van der Waals surface area contributed by atoms with Crippen molar-refractivity contribution in [1.29, 1.82) is 0 Å². The molecule has 5 nitrogen and oxygen atoms in total. The Balaban J connectivity index is 2.16. The van der Waals surface area contributed by atoms with Crippen LogP contribution >= 0.6 is 11.3 Å². The molecular formula is C16H22N2O3S.